The molecule has 1 amide bonds. The molecule has 1 N–H and O–H groups in total. The summed E-state index contributed by atoms with van der Waals surface area (Å²) in [6, 6.07) is 23.8. The molecule has 0 saturated heterocycles. The number of nitrogens with one attached hydrogen (secondary N) is 1. The predicted octanol–water partition coefficient (Wildman–Crippen LogP) is 2.67. The van der Waals surface area contributed by atoms with Crippen molar-refractivity contribution in [3.8, 4) is 11.8 Å². The minimum absolute atomic E-state index is 0.116. The molecular weight excluding hydrogens is 432 g/mol. The van der Waals surface area contributed by atoms with E-state index >= 15 is 0 Å². The van der Waals surface area contributed by atoms with E-state index in [2.05, 4.69) is 10.3 Å². The lowest BCUT2D eigenvalue weighted by molar-refractivity contribution is -0.116. The summed E-state index contributed by atoms with van der Waals surface area (Å²) < 4.78 is 2.10. The van der Waals surface area contributed by atoms with Crippen molar-refractivity contribution in [3.63, 3.8) is 0 Å². The second-order valence-corrected chi connectivity index (χ2v) is 8.30. The van der Waals surface area contributed by atoms with Crippen molar-refractivity contribution >= 4 is 28.9 Å². The molecule has 1 atom stereocenters. The van der Waals surface area contributed by atoms with Crippen LogP contribution in [0.3, 0.4) is 0 Å². The number of nitrogens with zero attached hydrogens (tertiary/aromatic N) is 3. The average Bonchev–Trinajstić information content (AvgIpc) is 3.16. The summed E-state index contributed by atoms with van der Waals surface area (Å²) in [4.78, 5) is 30.6. The van der Waals surface area contributed by atoms with E-state index in [0.29, 0.717) is 10.2 Å². The molecule has 0 saturated carbocycles. The highest BCUT2D eigenvalue weighted by molar-refractivity contribution is 7.07. The van der Waals surface area contributed by atoms with Crippen LogP contribution in [0.1, 0.15) is 24.1 Å². The maximum atomic E-state index is 13.3. The lowest BCUT2D eigenvalue weighted by Gasteiger charge is -2.13. The van der Waals surface area contributed by atoms with Crippen molar-refractivity contribution in [2.75, 3.05) is 0 Å². The van der Waals surface area contributed by atoms with E-state index in [1.54, 1.807) is 48.8 Å². The Bertz CT molecular complexity index is 1490. The van der Waals surface area contributed by atoms with Crippen LogP contribution < -0.4 is 20.1 Å². The number of aromatic nitrogens is 2. The Morgan fingerprint density at radius 3 is 2.42 bits per heavy atom. The van der Waals surface area contributed by atoms with Gasteiger partial charge in [0.1, 0.15) is 10.7 Å². The van der Waals surface area contributed by atoms with Crippen molar-refractivity contribution in [3.05, 3.63) is 116 Å². The van der Waals surface area contributed by atoms with Gasteiger partial charge in [-0.3, -0.25) is 19.1 Å². The first-order valence-electron chi connectivity index (χ1n) is 10.3. The van der Waals surface area contributed by atoms with Gasteiger partial charge >= 0.3 is 0 Å². The number of hydrogen-bond acceptors (Lipinski definition) is 5. The first-order chi connectivity index (χ1) is 16.1. The highest BCUT2D eigenvalue weighted by Crippen LogP contribution is 2.12. The van der Waals surface area contributed by atoms with Gasteiger partial charge in [0.05, 0.1) is 16.3 Å². The Kier molecular flexibility index (Phi) is 6.58. The Morgan fingerprint density at radius 1 is 1.09 bits per heavy atom. The van der Waals surface area contributed by atoms with E-state index in [0.717, 1.165) is 22.5 Å². The van der Waals surface area contributed by atoms with Gasteiger partial charge in [0.25, 0.3) is 11.5 Å². The molecule has 2 aromatic carbocycles. The van der Waals surface area contributed by atoms with Crippen LogP contribution in [-0.4, -0.2) is 15.5 Å². The standard InChI is InChI=1S/C26H20N4O2S/c1-18(20-10-4-2-5-11-20)29-24(31)22(16-27)26-30(21-12-6-3-7-13-21)25(32)23(33-26)15-19-9-8-14-28-17-19/h2-15,17-18H,1H3,(H,29,31)/b23-15+,26-22+. The molecule has 4 aromatic rings. The fourth-order valence-electron chi connectivity index (χ4n) is 3.36. The normalized spacial score (nSPS) is 13.2. The van der Waals surface area contributed by atoms with Crippen LogP contribution in [0.15, 0.2) is 90.0 Å². The Labute approximate surface area is 194 Å². The molecule has 33 heavy (non-hydrogen) atoms. The molecule has 4 rings (SSSR count). The Morgan fingerprint density at radius 2 is 1.79 bits per heavy atom. The molecule has 7 heteroatoms. The maximum absolute atomic E-state index is 13.3. The molecule has 162 valence electrons. The number of carbonyl (C=O) groups is 1. The number of carbonyl (C=O) groups excluding carboxylic acids is 1. The fraction of sp³-hybridized carbons (Fsp3) is 0.0769. The van der Waals surface area contributed by atoms with E-state index in [4.69, 9.17) is 0 Å². The third-order valence-corrected chi connectivity index (χ3v) is 6.11. The summed E-state index contributed by atoms with van der Waals surface area (Å²) in [5, 5.41) is 12.8. The quantitative estimate of drug-likeness (QED) is 0.504. The minimum Gasteiger partial charge on any atom is -0.345 e. The van der Waals surface area contributed by atoms with Gasteiger partial charge in [-0.25, -0.2) is 0 Å². The number of rotatable bonds is 5. The lowest BCUT2D eigenvalue weighted by atomic mass is 10.1. The van der Waals surface area contributed by atoms with E-state index in [9.17, 15) is 14.9 Å². The van der Waals surface area contributed by atoms with Crippen molar-refractivity contribution in [2.24, 2.45) is 0 Å². The second-order valence-electron chi connectivity index (χ2n) is 7.27. The maximum Gasteiger partial charge on any atom is 0.273 e. The van der Waals surface area contributed by atoms with Crippen LogP contribution in [-0.2, 0) is 4.79 Å². The van der Waals surface area contributed by atoms with Gasteiger partial charge in [-0.2, -0.15) is 5.26 Å². The summed E-state index contributed by atoms with van der Waals surface area (Å²) in [6.45, 7) is 1.85. The number of nitriles is 1. The van der Waals surface area contributed by atoms with Crippen molar-refractivity contribution in [2.45, 2.75) is 13.0 Å². The molecule has 0 radical (unpaired) electrons. The number of amides is 1. The zero-order valence-corrected chi connectivity index (χ0v) is 18.6. The molecule has 0 aliphatic rings. The molecule has 0 spiro atoms. The second kappa shape index (κ2) is 9.90. The summed E-state index contributed by atoms with van der Waals surface area (Å²) in [5.74, 6) is -0.535. The minimum atomic E-state index is -0.535. The van der Waals surface area contributed by atoms with Crippen LogP contribution in [0, 0.1) is 11.3 Å². The third-order valence-electron chi connectivity index (χ3n) is 5.02. The summed E-state index contributed by atoms with van der Waals surface area (Å²) in [6.07, 6.45) is 5.01. The van der Waals surface area contributed by atoms with Gasteiger partial charge in [-0.05, 0) is 42.3 Å². The molecular formula is C26H20N4O2S. The van der Waals surface area contributed by atoms with Gasteiger partial charge in [0.15, 0.2) is 5.57 Å². The molecule has 0 aliphatic heterocycles. The molecule has 2 aromatic heterocycles. The van der Waals surface area contributed by atoms with E-state index < -0.39 is 5.91 Å². The zero-order valence-electron chi connectivity index (χ0n) is 17.8. The van der Waals surface area contributed by atoms with E-state index in [-0.39, 0.29) is 21.8 Å². The average molecular weight is 453 g/mol. The summed E-state index contributed by atoms with van der Waals surface area (Å²) >= 11 is 1.11. The van der Waals surface area contributed by atoms with Crippen LogP contribution in [0.25, 0.3) is 17.3 Å². The molecule has 0 aliphatic carbocycles. The van der Waals surface area contributed by atoms with Crippen molar-refractivity contribution in [1.29, 1.82) is 5.26 Å². The highest BCUT2D eigenvalue weighted by atomic mass is 32.1. The monoisotopic (exact) mass is 452 g/mol. The van der Waals surface area contributed by atoms with Gasteiger partial charge in [-0.15, -0.1) is 11.3 Å². The predicted molar refractivity (Wildman–Crippen MR) is 129 cm³/mol. The molecule has 0 bridgehead atoms. The number of thiazole rings is 1. The first-order valence-corrected chi connectivity index (χ1v) is 11.1. The number of benzene rings is 2. The van der Waals surface area contributed by atoms with Crippen LogP contribution in [0.2, 0.25) is 0 Å². The van der Waals surface area contributed by atoms with Crippen LogP contribution >= 0.6 is 11.3 Å². The van der Waals surface area contributed by atoms with Crippen LogP contribution in [0.4, 0.5) is 0 Å². The topological polar surface area (TPSA) is 87.8 Å². The van der Waals surface area contributed by atoms with Crippen molar-refractivity contribution in [1.82, 2.24) is 14.9 Å². The van der Waals surface area contributed by atoms with Crippen molar-refractivity contribution < 1.29 is 4.79 Å². The molecule has 0 fully saturated rings. The van der Waals surface area contributed by atoms with E-state index in [1.807, 2.05) is 55.5 Å². The summed E-state index contributed by atoms with van der Waals surface area (Å²) in [7, 11) is 0. The smallest absolute Gasteiger partial charge is 0.273 e. The third kappa shape index (κ3) is 4.81. The molecule has 1 unspecified atom stereocenters. The number of para-hydroxylation sites is 1. The molecule has 2 heterocycles. The first kappa shape index (κ1) is 21.9. The lowest BCUT2D eigenvalue weighted by Crippen LogP contribution is -2.34. The van der Waals surface area contributed by atoms with E-state index in [1.165, 1.54) is 4.57 Å². The number of pyridine rings is 1. The van der Waals surface area contributed by atoms with Gasteiger partial charge in [0, 0.05) is 12.4 Å². The molecule has 6 nitrogen and oxygen atoms in total. The highest BCUT2D eigenvalue weighted by Gasteiger charge is 2.19. The SMILES string of the molecule is CC(NC(=O)/C(C#N)=c1/s/c(=C/c2cccnc2)c(=O)n1-c1ccccc1)c1ccccc1. The Hall–Kier alpha value is -4.28. The van der Waals surface area contributed by atoms with Crippen LogP contribution in [0.5, 0.6) is 0 Å². The van der Waals surface area contributed by atoms with Gasteiger partial charge in [-0.1, -0.05) is 54.6 Å². The van der Waals surface area contributed by atoms with Gasteiger partial charge < -0.3 is 5.32 Å². The fourth-order valence-corrected chi connectivity index (χ4v) is 4.47. The summed E-state index contributed by atoms with van der Waals surface area (Å²) in [5.41, 5.74) is 1.83. The largest absolute Gasteiger partial charge is 0.345 e. The zero-order chi connectivity index (χ0) is 23.2. The van der Waals surface area contributed by atoms with Gasteiger partial charge in [0.2, 0.25) is 0 Å². The Balaban J connectivity index is 1.89. The number of hydrogen-bond donors (Lipinski definition) is 1.